The van der Waals surface area contributed by atoms with Crippen molar-refractivity contribution in [2.24, 2.45) is 5.92 Å². The van der Waals surface area contributed by atoms with Crippen molar-refractivity contribution in [1.82, 2.24) is 10.2 Å². The van der Waals surface area contributed by atoms with E-state index in [0.717, 1.165) is 30.6 Å². The Bertz CT molecular complexity index is 570. The second-order valence-corrected chi connectivity index (χ2v) is 6.29. The van der Waals surface area contributed by atoms with Crippen molar-refractivity contribution in [3.8, 4) is 5.75 Å². The van der Waals surface area contributed by atoms with Crippen molar-refractivity contribution >= 4 is 11.8 Å². The van der Waals surface area contributed by atoms with Gasteiger partial charge in [-0.2, -0.15) is 0 Å². The van der Waals surface area contributed by atoms with Crippen LogP contribution in [0.15, 0.2) is 24.3 Å². The summed E-state index contributed by atoms with van der Waals surface area (Å²) in [6.07, 6.45) is 2.31. The van der Waals surface area contributed by atoms with Gasteiger partial charge in [-0.1, -0.05) is 12.1 Å². The van der Waals surface area contributed by atoms with E-state index >= 15 is 0 Å². The minimum atomic E-state index is 0.0169. The number of nitrogens with one attached hydrogen (secondary N) is 1. The smallest absolute Gasteiger partial charge is 0.223 e. The van der Waals surface area contributed by atoms with Crippen LogP contribution in [-0.2, 0) is 20.7 Å². The summed E-state index contributed by atoms with van der Waals surface area (Å²) in [5.74, 6) is 0.940. The molecular formula is C19H28N2O4. The fourth-order valence-electron chi connectivity index (χ4n) is 2.94. The van der Waals surface area contributed by atoms with Crippen LogP contribution in [0.5, 0.6) is 5.75 Å². The Morgan fingerprint density at radius 3 is 2.72 bits per heavy atom. The Morgan fingerprint density at radius 1 is 1.28 bits per heavy atom. The fourth-order valence-corrected chi connectivity index (χ4v) is 2.94. The van der Waals surface area contributed by atoms with E-state index in [9.17, 15) is 9.59 Å². The lowest BCUT2D eigenvalue weighted by Gasteiger charge is -2.24. The third-order valence-electron chi connectivity index (χ3n) is 4.52. The lowest BCUT2D eigenvalue weighted by molar-refractivity contribution is -0.131. The summed E-state index contributed by atoms with van der Waals surface area (Å²) in [6.45, 7) is 4.49. The van der Waals surface area contributed by atoms with Crippen LogP contribution in [0.3, 0.4) is 0 Å². The first-order valence-electron chi connectivity index (χ1n) is 8.84. The Labute approximate surface area is 149 Å². The van der Waals surface area contributed by atoms with Crippen molar-refractivity contribution in [1.29, 1.82) is 0 Å². The number of hydrogen-bond acceptors (Lipinski definition) is 4. The summed E-state index contributed by atoms with van der Waals surface area (Å²) in [6, 6.07) is 7.84. The summed E-state index contributed by atoms with van der Waals surface area (Å²) in [5.41, 5.74) is 1.12. The first-order chi connectivity index (χ1) is 12.1. The molecule has 138 valence electrons. The minimum absolute atomic E-state index is 0.0169. The molecule has 1 heterocycles. The van der Waals surface area contributed by atoms with E-state index in [4.69, 9.17) is 9.47 Å². The van der Waals surface area contributed by atoms with Gasteiger partial charge < -0.3 is 19.7 Å². The van der Waals surface area contributed by atoms with Crippen LogP contribution in [0.1, 0.15) is 25.3 Å². The summed E-state index contributed by atoms with van der Waals surface area (Å²) in [4.78, 5) is 25.7. The van der Waals surface area contributed by atoms with Gasteiger partial charge in [0.15, 0.2) is 0 Å². The second-order valence-electron chi connectivity index (χ2n) is 6.29. The Balaban J connectivity index is 1.76. The van der Waals surface area contributed by atoms with Crippen LogP contribution in [0.4, 0.5) is 0 Å². The van der Waals surface area contributed by atoms with Crippen molar-refractivity contribution < 1.29 is 19.1 Å². The van der Waals surface area contributed by atoms with Crippen molar-refractivity contribution in [2.75, 3.05) is 40.0 Å². The minimum Gasteiger partial charge on any atom is -0.497 e. The van der Waals surface area contributed by atoms with Crippen LogP contribution in [0, 0.1) is 5.92 Å². The number of nitrogens with zero attached hydrogens (tertiary/aromatic N) is 1. The highest BCUT2D eigenvalue weighted by molar-refractivity contribution is 5.78. The zero-order valence-electron chi connectivity index (χ0n) is 15.1. The highest BCUT2D eigenvalue weighted by atomic mass is 16.5. The number of methoxy groups -OCH3 is 1. The van der Waals surface area contributed by atoms with E-state index < -0.39 is 0 Å². The van der Waals surface area contributed by atoms with Gasteiger partial charge in [0.1, 0.15) is 5.75 Å². The van der Waals surface area contributed by atoms with E-state index in [1.807, 2.05) is 24.3 Å². The molecule has 0 aliphatic carbocycles. The van der Waals surface area contributed by atoms with Crippen LogP contribution in [-0.4, -0.2) is 56.7 Å². The first kappa shape index (κ1) is 19.2. The highest BCUT2D eigenvalue weighted by Crippen LogP contribution is 2.15. The summed E-state index contributed by atoms with van der Waals surface area (Å²) < 4.78 is 10.5. The highest BCUT2D eigenvalue weighted by Gasteiger charge is 2.21. The third-order valence-corrected chi connectivity index (χ3v) is 4.52. The maximum atomic E-state index is 12.1. The topological polar surface area (TPSA) is 67.9 Å². The summed E-state index contributed by atoms with van der Waals surface area (Å²) >= 11 is 0. The first-order valence-corrected chi connectivity index (χ1v) is 8.84. The standard InChI is InChI=1S/C19H28N2O4/c1-15(22)21(10-6-16-4-3-5-18(14-16)24-2)11-9-20-19(23)17-7-12-25-13-8-17/h3-5,14,17H,6-13H2,1-2H3,(H,20,23). The number of ether oxygens (including phenoxy) is 2. The van der Waals surface area contributed by atoms with E-state index in [0.29, 0.717) is 32.8 Å². The molecular weight excluding hydrogens is 320 g/mol. The Morgan fingerprint density at radius 2 is 2.04 bits per heavy atom. The van der Waals surface area contributed by atoms with Crippen molar-refractivity contribution in [3.63, 3.8) is 0 Å². The van der Waals surface area contributed by atoms with Crippen molar-refractivity contribution in [2.45, 2.75) is 26.2 Å². The lowest BCUT2D eigenvalue weighted by atomic mass is 9.99. The normalized spacial score (nSPS) is 14.8. The average Bonchev–Trinajstić information content (AvgIpc) is 2.64. The van der Waals surface area contributed by atoms with Gasteiger partial charge in [-0.3, -0.25) is 9.59 Å². The SMILES string of the molecule is COc1cccc(CCN(CCNC(=O)C2CCOCC2)C(C)=O)c1. The fraction of sp³-hybridized carbons (Fsp3) is 0.579. The van der Waals surface area contributed by atoms with Gasteiger partial charge in [0.05, 0.1) is 7.11 Å². The molecule has 1 aliphatic heterocycles. The third kappa shape index (κ3) is 6.38. The zero-order chi connectivity index (χ0) is 18.1. The molecule has 2 amide bonds. The van der Waals surface area contributed by atoms with E-state index in [1.54, 1.807) is 18.9 Å². The molecule has 1 fully saturated rings. The quantitative estimate of drug-likeness (QED) is 0.775. The van der Waals surface area contributed by atoms with Crippen LogP contribution in [0.25, 0.3) is 0 Å². The van der Waals surface area contributed by atoms with E-state index in [-0.39, 0.29) is 17.7 Å². The molecule has 1 aromatic carbocycles. The van der Waals surface area contributed by atoms with Gasteiger partial charge >= 0.3 is 0 Å². The van der Waals surface area contributed by atoms with E-state index in [2.05, 4.69) is 5.32 Å². The molecule has 0 unspecified atom stereocenters. The van der Waals surface area contributed by atoms with Crippen LogP contribution < -0.4 is 10.1 Å². The molecule has 0 atom stereocenters. The summed E-state index contributed by atoms with van der Waals surface area (Å²) in [7, 11) is 1.64. The monoisotopic (exact) mass is 348 g/mol. The molecule has 1 aliphatic rings. The van der Waals surface area contributed by atoms with Gasteiger partial charge in [0.25, 0.3) is 0 Å². The molecule has 25 heavy (non-hydrogen) atoms. The number of amides is 2. The van der Waals surface area contributed by atoms with Gasteiger partial charge in [0, 0.05) is 45.7 Å². The molecule has 2 rings (SSSR count). The second kappa shape index (κ2) is 10.0. The maximum Gasteiger partial charge on any atom is 0.223 e. The molecule has 6 heteroatoms. The molecule has 0 saturated carbocycles. The average molecular weight is 348 g/mol. The zero-order valence-corrected chi connectivity index (χ0v) is 15.1. The molecule has 0 spiro atoms. The molecule has 0 radical (unpaired) electrons. The number of carbonyl (C=O) groups is 2. The van der Waals surface area contributed by atoms with E-state index in [1.165, 1.54) is 0 Å². The van der Waals surface area contributed by atoms with Crippen molar-refractivity contribution in [3.05, 3.63) is 29.8 Å². The molecule has 6 nitrogen and oxygen atoms in total. The van der Waals surface area contributed by atoms with Crippen LogP contribution in [0.2, 0.25) is 0 Å². The largest absolute Gasteiger partial charge is 0.497 e. The predicted octanol–water partition coefficient (Wildman–Crippen LogP) is 1.63. The Hall–Kier alpha value is -2.08. The number of hydrogen-bond donors (Lipinski definition) is 1. The van der Waals surface area contributed by atoms with Crippen LogP contribution >= 0.6 is 0 Å². The number of rotatable bonds is 8. The maximum absolute atomic E-state index is 12.1. The molecule has 0 aromatic heterocycles. The van der Waals surface area contributed by atoms with Gasteiger partial charge in [-0.05, 0) is 37.0 Å². The Kier molecular flexibility index (Phi) is 7.73. The van der Waals surface area contributed by atoms with Gasteiger partial charge in [-0.15, -0.1) is 0 Å². The number of benzene rings is 1. The predicted molar refractivity (Wildman–Crippen MR) is 95.5 cm³/mol. The molecule has 0 bridgehead atoms. The summed E-state index contributed by atoms with van der Waals surface area (Å²) in [5, 5.41) is 2.95. The lowest BCUT2D eigenvalue weighted by Crippen LogP contribution is -2.41. The van der Waals surface area contributed by atoms with Gasteiger partial charge in [-0.25, -0.2) is 0 Å². The molecule has 1 saturated heterocycles. The molecule has 1 aromatic rings. The van der Waals surface area contributed by atoms with Gasteiger partial charge in [0.2, 0.25) is 11.8 Å². The molecule has 1 N–H and O–H groups in total. The number of carbonyl (C=O) groups excluding carboxylic acids is 2.